The SMILES string of the molecule is CSC1(CNC2CCC(N)CC2)CC1. The monoisotopic (exact) mass is 214 g/mol. The molecule has 2 saturated carbocycles. The van der Waals surface area contributed by atoms with Gasteiger partial charge in [0.05, 0.1) is 0 Å². The van der Waals surface area contributed by atoms with Gasteiger partial charge in [-0.2, -0.15) is 11.8 Å². The van der Waals surface area contributed by atoms with Crippen molar-refractivity contribution in [3.8, 4) is 0 Å². The Bertz CT molecular complexity index is 184. The predicted molar refractivity (Wildman–Crippen MR) is 63.7 cm³/mol. The van der Waals surface area contributed by atoms with Crippen LogP contribution in [-0.4, -0.2) is 29.6 Å². The summed E-state index contributed by atoms with van der Waals surface area (Å²) in [6.07, 6.45) is 10.1. The van der Waals surface area contributed by atoms with Crippen molar-refractivity contribution in [2.24, 2.45) is 5.73 Å². The van der Waals surface area contributed by atoms with Crippen LogP contribution in [0, 0.1) is 0 Å². The minimum absolute atomic E-state index is 0.475. The van der Waals surface area contributed by atoms with Gasteiger partial charge in [0.1, 0.15) is 0 Å². The molecule has 2 nitrogen and oxygen atoms in total. The molecule has 0 aromatic carbocycles. The molecule has 0 atom stereocenters. The van der Waals surface area contributed by atoms with Crippen LogP contribution in [0.1, 0.15) is 38.5 Å². The number of thioether (sulfide) groups is 1. The summed E-state index contributed by atoms with van der Waals surface area (Å²) in [7, 11) is 0. The summed E-state index contributed by atoms with van der Waals surface area (Å²) in [5.74, 6) is 0. The van der Waals surface area contributed by atoms with Gasteiger partial charge in [-0.05, 0) is 44.8 Å². The Morgan fingerprint density at radius 1 is 1.29 bits per heavy atom. The minimum Gasteiger partial charge on any atom is -0.328 e. The number of nitrogens with one attached hydrogen (secondary N) is 1. The largest absolute Gasteiger partial charge is 0.328 e. The molecule has 14 heavy (non-hydrogen) atoms. The zero-order valence-corrected chi connectivity index (χ0v) is 9.91. The Balaban J connectivity index is 1.66. The molecule has 0 aromatic rings. The van der Waals surface area contributed by atoms with E-state index in [2.05, 4.69) is 11.6 Å². The number of rotatable bonds is 4. The maximum atomic E-state index is 5.89. The van der Waals surface area contributed by atoms with Gasteiger partial charge >= 0.3 is 0 Å². The molecule has 0 spiro atoms. The van der Waals surface area contributed by atoms with Gasteiger partial charge in [0, 0.05) is 23.4 Å². The van der Waals surface area contributed by atoms with E-state index in [9.17, 15) is 0 Å². The molecular formula is C11H22N2S. The lowest BCUT2D eigenvalue weighted by atomic mass is 9.92. The van der Waals surface area contributed by atoms with Crippen molar-refractivity contribution in [1.82, 2.24) is 5.32 Å². The van der Waals surface area contributed by atoms with Crippen LogP contribution in [-0.2, 0) is 0 Å². The molecule has 2 aliphatic rings. The summed E-state index contributed by atoms with van der Waals surface area (Å²) in [5, 5.41) is 3.72. The van der Waals surface area contributed by atoms with Crippen molar-refractivity contribution in [3.63, 3.8) is 0 Å². The second-order valence-electron chi connectivity index (χ2n) is 4.88. The molecule has 0 bridgehead atoms. The number of hydrogen-bond donors (Lipinski definition) is 2. The summed E-state index contributed by atoms with van der Waals surface area (Å²) in [6, 6.07) is 1.22. The minimum atomic E-state index is 0.475. The van der Waals surface area contributed by atoms with E-state index in [0.717, 1.165) is 6.04 Å². The van der Waals surface area contributed by atoms with Gasteiger partial charge in [-0.3, -0.25) is 0 Å². The Morgan fingerprint density at radius 3 is 2.43 bits per heavy atom. The van der Waals surface area contributed by atoms with Crippen LogP contribution in [0.5, 0.6) is 0 Å². The smallest absolute Gasteiger partial charge is 0.0282 e. The van der Waals surface area contributed by atoms with Crippen molar-refractivity contribution in [2.75, 3.05) is 12.8 Å². The van der Waals surface area contributed by atoms with Gasteiger partial charge < -0.3 is 11.1 Å². The van der Waals surface area contributed by atoms with Gasteiger partial charge in [0.25, 0.3) is 0 Å². The van der Waals surface area contributed by atoms with Crippen LogP contribution in [0.2, 0.25) is 0 Å². The molecule has 2 fully saturated rings. The fourth-order valence-corrected chi connectivity index (χ4v) is 2.98. The van der Waals surface area contributed by atoms with Crippen molar-refractivity contribution in [1.29, 1.82) is 0 Å². The first-order valence-corrected chi connectivity index (χ1v) is 7.01. The summed E-state index contributed by atoms with van der Waals surface area (Å²) in [6.45, 7) is 1.22. The van der Waals surface area contributed by atoms with Gasteiger partial charge in [0.15, 0.2) is 0 Å². The average Bonchev–Trinajstić information content (AvgIpc) is 2.98. The Morgan fingerprint density at radius 2 is 1.93 bits per heavy atom. The van der Waals surface area contributed by atoms with Crippen LogP contribution >= 0.6 is 11.8 Å². The van der Waals surface area contributed by atoms with Crippen LogP contribution < -0.4 is 11.1 Å². The normalized spacial score (nSPS) is 35.6. The first-order chi connectivity index (χ1) is 6.74. The first kappa shape index (κ1) is 10.8. The van der Waals surface area contributed by atoms with Gasteiger partial charge in [-0.25, -0.2) is 0 Å². The standard InChI is InChI=1S/C11H22N2S/c1-14-11(6-7-11)8-13-10-4-2-9(12)3-5-10/h9-10,13H,2-8,12H2,1H3. The van der Waals surface area contributed by atoms with E-state index in [0.29, 0.717) is 10.8 Å². The van der Waals surface area contributed by atoms with Gasteiger partial charge in [-0.15, -0.1) is 0 Å². The first-order valence-electron chi connectivity index (χ1n) is 5.78. The fourth-order valence-electron chi connectivity index (χ4n) is 2.25. The van der Waals surface area contributed by atoms with E-state index >= 15 is 0 Å². The van der Waals surface area contributed by atoms with E-state index in [1.165, 1.54) is 45.1 Å². The van der Waals surface area contributed by atoms with Crippen molar-refractivity contribution < 1.29 is 0 Å². The second kappa shape index (κ2) is 4.42. The van der Waals surface area contributed by atoms with E-state index in [1.807, 2.05) is 11.8 Å². The zero-order valence-electron chi connectivity index (χ0n) is 9.09. The lowest BCUT2D eigenvalue weighted by Gasteiger charge is -2.28. The third kappa shape index (κ3) is 2.65. The molecule has 2 aliphatic carbocycles. The number of hydrogen-bond acceptors (Lipinski definition) is 3. The molecule has 0 aromatic heterocycles. The molecule has 0 unspecified atom stereocenters. The maximum absolute atomic E-state index is 5.89. The molecule has 0 amide bonds. The quantitative estimate of drug-likeness (QED) is 0.748. The lowest BCUT2D eigenvalue weighted by molar-refractivity contribution is 0.342. The summed E-state index contributed by atoms with van der Waals surface area (Å²) < 4.78 is 0.611. The molecule has 3 N–H and O–H groups in total. The van der Waals surface area contributed by atoms with E-state index in [4.69, 9.17) is 5.73 Å². The highest BCUT2D eigenvalue weighted by Crippen LogP contribution is 2.46. The second-order valence-corrected chi connectivity index (χ2v) is 6.15. The van der Waals surface area contributed by atoms with Crippen LogP contribution in [0.15, 0.2) is 0 Å². The topological polar surface area (TPSA) is 38.0 Å². The van der Waals surface area contributed by atoms with Crippen molar-refractivity contribution in [2.45, 2.75) is 55.4 Å². The molecular weight excluding hydrogens is 192 g/mol. The van der Waals surface area contributed by atoms with Gasteiger partial charge in [-0.1, -0.05) is 0 Å². The van der Waals surface area contributed by atoms with Crippen molar-refractivity contribution in [3.05, 3.63) is 0 Å². The van der Waals surface area contributed by atoms with E-state index < -0.39 is 0 Å². The summed E-state index contributed by atoms with van der Waals surface area (Å²) in [4.78, 5) is 0. The highest BCUT2D eigenvalue weighted by Gasteiger charge is 2.41. The van der Waals surface area contributed by atoms with Crippen LogP contribution in [0.25, 0.3) is 0 Å². The molecule has 0 saturated heterocycles. The molecule has 0 radical (unpaired) electrons. The van der Waals surface area contributed by atoms with Crippen LogP contribution in [0.4, 0.5) is 0 Å². The lowest BCUT2D eigenvalue weighted by Crippen LogP contribution is -2.40. The maximum Gasteiger partial charge on any atom is 0.0282 e. The molecule has 0 aliphatic heterocycles. The molecule has 82 valence electrons. The van der Waals surface area contributed by atoms with E-state index in [1.54, 1.807) is 0 Å². The zero-order chi connectivity index (χ0) is 10.0. The highest BCUT2D eigenvalue weighted by molar-refractivity contribution is 8.00. The summed E-state index contributed by atoms with van der Waals surface area (Å²) >= 11 is 2.04. The Labute approximate surface area is 91.4 Å². The average molecular weight is 214 g/mol. The van der Waals surface area contributed by atoms with E-state index in [-0.39, 0.29) is 0 Å². The Hall–Kier alpha value is 0.270. The third-order valence-corrected chi connectivity index (χ3v) is 5.14. The highest BCUT2D eigenvalue weighted by atomic mass is 32.2. The third-order valence-electron chi connectivity index (χ3n) is 3.73. The van der Waals surface area contributed by atoms with Gasteiger partial charge in [0.2, 0.25) is 0 Å². The summed E-state index contributed by atoms with van der Waals surface area (Å²) in [5.41, 5.74) is 5.89. The molecule has 3 heteroatoms. The fraction of sp³-hybridized carbons (Fsp3) is 1.00. The van der Waals surface area contributed by atoms with Crippen molar-refractivity contribution >= 4 is 11.8 Å². The molecule has 2 rings (SSSR count). The predicted octanol–water partition coefficient (Wildman–Crippen LogP) is 1.74. The van der Waals surface area contributed by atoms with Crippen LogP contribution in [0.3, 0.4) is 0 Å². The molecule has 0 heterocycles. The Kier molecular flexibility index (Phi) is 3.40. The number of nitrogens with two attached hydrogens (primary N) is 1.